The van der Waals surface area contributed by atoms with Crippen LogP contribution in [0.25, 0.3) is 0 Å². The Morgan fingerprint density at radius 2 is 2.00 bits per heavy atom. The number of rotatable bonds is 8. The highest BCUT2D eigenvalue weighted by atomic mass is 19.2. The fourth-order valence-corrected chi connectivity index (χ4v) is 3.16. The molecule has 0 saturated carbocycles. The van der Waals surface area contributed by atoms with E-state index in [1.54, 1.807) is 0 Å². The van der Waals surface area contributed by atoms with Gasteiger partial charge in [-0.2, -0.15) is 0 Å². The lowest BCUT2D eigenvalue weighted by molar-refractivity contribution is 0.0487. The Bertz CT molecular complexity index is 794. The van der Waals surface area contributed by atoms with Gasteiger partial charge in [0.15, 0.2) is 11.6 Å². The number of hydrogen-bond donors (Lipinski definition) is 0. The van der Waals surface area contributed by atoms with Crippen LogP contribution in [-0.4, -0.2) is 50.3 Å². The lowest BCUT2D eigenvalue weighted by Crippen LogP contribution is -2.40. The van der Waals surface area contributed by atoms with Crippen LogP contribution in [0.4, 0.5) is 8.78 Å². The van der Waals surface area contributed by atoms with E-state index in [1.165, 1.54) is 18.1 Å². The van der Waals surface area contributed by atoms with E-state index in [-0.39, 0.29) is 31.5 Å². The van der Waals surface area contributed by atoms with Gasteiger partial charge in [-0.1, -0.05) is 18.2 Å². The van der Waals surface area contributed by atoms with E-state index in [0.29, 0.717) is 12.4 Å². The minimum absolute atomic E-state index is 0.00906. The van der Waals surface area contributed by atoms with Gasteiger partial charge in [0.1, 0.15) is 23.7 Å². The molecular formula is C21H23F2NO4. The summed E-state index contributed by atoms with van der Waals surface area (Å²) in [5.74, 6) is -2.31. The second-order valence-electron chi connectivity index (χ2n) is 6.49. The molecule has 3 rings (SSSR count). The molecule has 1 aliphatic heterocycles. The van der Waals surface area contributed by atoms with Crippen molar-refractivity contribution in [3.05, 3.63) is 59.7 Å². The Labute approximate surface area is 162 Å². The molecule has 1 atom stereocenters. The monoisotopic (exact) mass is 391 g/mol. The molecule has 1 fully saturated rings. The van der Waals surface area contributed by atoms with Crippen LogP contribution in [0.3, 0.4) is 0 Å². The second kappa shape index (κ2) is 9.50. The smallest absolute Gasteiger partial charge is 0.260 e. The van der Waals surface area contributed by atoms with Gasteiger partial charge in [0, 0.05) is 13.2 Å². The van der Waals surface area contributed by atoms with Crippen LogP contribution in [0, 0.1) is 11.6 Å². The van der Waals surface area contributed by atoms with Gasteiger partial charge in [0.05, 0.1) is 19.8 Å². The van der Waals surface area contributed by atoms with Crippen molar-refractivity contribution in [3.8, 4) is 11.5 Å². The van der Waals surface area contributed by atoms with Gasteiger partial charge < -0.3 is 19.1 Å². The number of para-hydroxylation sites is 1. The van der Waals surface area contributed by atoms with Gasteiger partial charge in [-0.25, -0.2) is 8.78 Å². The van der Waals surface area contributed by atoms with E-state index in [0.717, 1.165) is 18.9 Å². The number of nitrogens with zero attached hydrogens (tertiary/aromatic N) is 1. The van der Waals surface area contributed by atoms with E-state index < -0.39 is 23.1 Å². The summed E-state index contributed by atoms with van der Waals surface area (Å²) in [7, 11) is 1.31. The molecule has 5 nitrogen and oxygen atoms in total. The van der Waals surface area contributed by atoms with E-state index in [9.17, 15) is 13.6 Å². The predicted molar refractivity (Wildman–Crippen MR) is 99.7 cm³/mol. The maximum atomic E-state index is 14.4. The van der Waals surface area contributed by atoms with Crippen LogP contribution in [0.5, 0.6) is 11.5 Å². The molecule has 0 radical (unpaired) electrons. The summed E-state index contributed by atoms with van der Waals surface area (Å²) in [6, 6.07) is 11.4. The largest absolute Gasteiger partial charge is 0.496 e. The Kier molecular flexibility index (Phi) is 6.81. The number of amides is 1. The standard InChI is InChI=1S/C21H23F2NO4/c1-26-18-10-9-17(22)20(23)19(18)21(25)24(14-16-8-5-12-27-16)11-13-28-15-6-3-2-4-7-15/h2-4,6-7,9-10,16H,5,8,11-14H2,1H3. The quantitative estimate of drug-likeness (QED) is 0.689. The molecule has 150 valence electrons. The topological polar surface area (TPSA) is 48.0 Å². The number of carbonyl (C=O) groups excluding carboxylic acids is 1. The van der Waals surface area contributed by atoms with Crippen LogP contribution in [-0.2, 0) is 4.74 Å². The third kappa shape index (κ3) is 4.78. The van der Waals surface area contributed by atoms with E-state index in [1.807, 2.05) is 30.3 Å². The van der Waals surface area contributed by atoms with Gasteiger partial charge in [-0.05, 0) is 37.1 Å². The van der Waals surface area contributed by atoms with E-state index >= 15 is 0 Å². The molecule has 1 heterocycles. The molecule has 1 unspecified atom stereocenters. The predicted octanol–water partition coefficient (Wildman–Crippen LogP) is 3.67. The van der Waals surface area contributed by atoms with Crippen LogP contribution in [0.2, 0.25) is 0 Å². The summed E-state index contributed by atoms with van der Waals surface area (Å²) < 4.78 is 44.5. The molecule has 0 aromatic heterocycles. The maximum Gasteiger partial charge on any atom is 0.260 e. The lowest BCUT2D eigenvalue weighted by atomic mass is 10.1. The number of hydrogen-bond acceptors (Lipinski definition) is 4. The van der Waals surface area contributed by atoms with Gasteiger partial charge in [-0.3, -0.25) is 4.79 Å². The first-order valence-corrected chi connectivity index (χ1v) is 9.21. The number of halogens is 2. The minimum atomic E-state index is -1.22. The SMILES string of the molecule is COc1ccc(F)c(F)c1C(=O)N(CCOc1ccccc1)CC1CCCO1. The average Bonchev–Trinajstić information content (AvgIpc) is 3.22. The van der Waals surface area contributed by atoms with E-state index in [4.69, 9.17) is 14.2 Å². The normalized spacial score (nSPS) is 16.0. The maximum absolute atomic E-state index is 14.4. The first-order chi connectivity index (χ1) is 13.6. The zero-order chi connectivity index (χ0) is 19.9. The highest BCUT2D eigenvalue weighted by molar-refractivity contribution is 5.97. The number of ether oxygens (including phenoxy) is 3. The fraction of sp³-hybridized carbons (Fsp3) is 0.381. The van der Waals surface area contributed by atoms with Crippen LogP contribution in [0.15, 0.2) is 42.5 Å². The molecule has 2 aromatic rings. The van der Waals surface area contributed by atoms with Crippen molar-refractivity contribution in [1.29, 1.82) is 0 Å². The van der Waals surface area contributed by atoms with Crippen molar-refractivity contribution < 1.29 is 27.8 Å². The summed E-state index contributed by atoms with van der Waals surface area (Å²) in [6.07, 6.45) is 1.58. The first kappa shape index (κ1) is 20.1. The Hall–Kier alpha value is -2.67. The molecule has 0 N–H and O–H groups in total. The number of benzene rings is 2. The Balaban J connectivity index is 1.77. The molecule has 2 aromatic carbocycles. The molecule has 28 heavy (non-hydrogen) atoms. The van der Waals surface area contributed by atoms with Gasteiger partial charge in [-0.15, -0.1) is 0 Å². The van der Waals surface area contributed by atoms with Crippen LogP contribution < -0.4 is 9.47 Å². The van der Waals surface area contributed by atoms with Crippen molar-refractivity contribution in [2.45, 2.75) is 18.9 Å². The zero-order valence-corrected chi connectivity index (χ0v) is 15.7. The summed E-state index contributed by atoms with van der Waals surface area (Å²) >= 11 is 0. The molecule has 1 amide bonds. The lowest BCUT2D eigenvalue weighted by Gasteiger charge is -2.26. The summed E-state index contributed by atoms with van der Waals surface area (Å²) in [6.45, 7) is 1.31. The molecule has 0 bridgehead atoms. The summed E-state index contributed by atoms with van der Waals surface area (Å²) in [5.41, 5.74) is -0.416. The van der Waals surface area contributed by atoms with Crippen LogP contribution >= 0.6 is 0 Å². The summed E-state index contributed by atoms with van der Waals surface area (Å²) in [4.78, 5) is 14.5. The van der Waals surface area contributed by atoms with Crippen molar-refractivity contribution in [1.82, 2.24) is 4.90 Å². The van der Waals surface area contributed by atoms with Crippen molar-refractivity contribution in [3.63, 3.8) is 0 Å². The van der Waals surface area contributed by atoms with Gasteiger partial charge in [0.2, 0.25) is 0 Å². The first-order valence-electron chi connectivity index (χ1n) is 9.21. The zero-order valence-electron chi connectivity index (χ0n) is 15.7. The molecular weight excluding hydrogens is 368 g/mol. The van der Waals surface area contributed by atoms with Crippen molar-refractivity contribution >= 4 is 5.91 Å². The molecule has 1 saturated heterocycles. The Morgan fingerprint density at radius 1 is 1.21 bits per heavy atom. The van der Waals surface area contributed by atoms with Gasteiger partial charge in [0.25, 0.3) is 5.91 Å². The number of methoxy groups -OCH3 is 1. The molecule has 0 spiro atoms. The van der Waals surface area contributed by atoms with Gasteiger partial charge >= 0.3 is 0 Å². The molecule has 1 aliphatic rings. The van der Waals surface area contributed by atoms with E-state index in [2.05, 4.69) is 0 Å². The van der Waals surface area contributed by atoms with Crippen LogP contribution in [0.1, 0.15) is 23.2 Å². The van der Waals surface area contributed by atoms with Crippen molar-refractivity contribution in [2.75, 3.05) is 33.4 Å². The van der Waals surface area contributed by atoms with Crippen molar-refractivity contribution in [2.24, 2.45) is 0 Å². The molecule has 0 aliphatic carbocycles. The molecule has 7 heteroatoms. The fourth-order valence-electron chi connectivity index (χ4n) is 3.16. The highest BCUT2D eigenvalue weighted by Gasteiger charge is 2.29. The third-order valence-corrected chi connectivity index (χ3v) is 4.60. The number of carbonyl (C=O) groups is 1. The third-order valence-electron chi connectivity index (χ3n) is 4.60. The summed E-state index contributed by atoms with van der Waals surface area (Å²) in [5, 5.41) is 0. The minimum Gasteiger partial charge on any atom is -0.496 e. The highest BCUT2D eigenvalue weighted by Crippen LogP contribution is 2.26. The Morgan fingerprint density at radius 3 is 2.68 bits per heavy atom. The average molecular weight is 391 g/mol. The second-order valence-corrected chi connectivity index (χ2v) is 6.49.